The van der Waals surface area contributed by atoms with Gasteiger partial charge in [0.2, 0.25) is 5.89 Å². The van der Waals surface area contributed by atoms with Crippen LogP contribution in [0, 0.1) is 13.8 Å². The van der Waals surface area contributed by atoms with E-state index in [4.69, 9.17) is 4.52 Å². The number of aromatic nitrogens is 4. The minimum atomic E-state index is -0.138. The lowest BCUT2D eigenvalue weighted by molar-refractivity contribution is 0.386. The highest BCUT2D eigenvalue weighted by Gasteiger charge is 2.10. The molecule has 0 amide bonds. The summed E-state index contributed by atoms with van der Waals surface area (Å²) in [5, 5.41) is 3.82. The molecule has 0 saturated heterocycles. The number of hydrogen-bond acceptors (Lipinski definition) is 5. The van der Waals surface area contributed by atoms with Crippen LogP contribution in [0.25, 0.3) is 11.0 Å². The molecular weight excluding hydrogens is 244 g/mol. The van der Waals surface area contributed by atoms with Gasteiger partial charge in [0.25, 0.3) is 5.56 Å². The number of nitrogens with zero attached hydrogens (tertiary/aromatic N) is 4. The van der Waals surface area contributed by atoms with E-state index in [1.54, 1.807) is 18.4 Å². The molecule has 1 aromatic carbocycles. The molecule has 3 rings (SSSR count). The minimum Gasteiger partial charge on any atom is -0.340 e. The molecule has 0 atom stereocenters. The molecule has 0 spiro atoms. The summed E-state index contributed by atoms with van der Waals surface area (Å²) >= 11 is 0. The maximum Gasteiger partial charge on any atom is 0.272 e. The van der Waals surface area contributed by atoms with Crippen molar-refractivity contribution >= 4 is 11.0 Å². The van der Waals surface area contributed by atoms with Crippen LogP contribution in [-0.4, -0.2) is 19.7 Å². The van der Waals surface area contributed by atoms with E-state index in [0.29, 0.717) is 17.4 Å². The quantitative estimate of drug-likeness (QED) is 0.693. The van der Waals surface area contributed by atoms with Gasteiger partial charge < -0.3 is 4.52 Å². The molecule has 0 unspecified atom stereocenters. The van der Waals surface area contributed by atoms with Gasteiger partial charge in [0.1, 0.15) is 5.69 Å². The van der Waals surface area contributed by atoms with E-state index in [1.165, 1.54) is 0 Å². The molecule has 19 heavy (non-hydrogen) atoms. The van der Waals surface area contributed by atoms with Crippen molar-refractivity contribution in [2.75, 3.05) is 0 Å². The number of para-hydroxylation sites is 2. The number of benzene rings is 1. The van der Waals surface area contributed by atoms with Crippen LogP contribution in [-0.2, 0) is 6.54 Å². The Kier molecular flexibility index (Phi) is 2.63. The average molecular weight is 256 g/mol. The van der Waals surface area contributed by atoms with E-state index in [0.717, 1.165) is 11.0 Å². The van der Waals surface area contributed by atoms with E-state index < -0.39 is 0 Å². The van der Waals surface area contributed by atoms with Gasteiger partial charge in [-0.3, -0.25) is 9.36 Å². The Hall–Kier alpha value is -2.50. The fraction of sp³-hybridized carbons (Fsp3) is 0.231. The minimum absolute atomic E-state index is 0.138. The monoisotopic (exact) mass is 256 g/mol. The molecule has 0 aliphatic rings. The van der Waals surface area contributed by atoms with Gasteiger partial charge in [-0.1, -0.05) is 17.3 Å². The van der Waals surface area contributed by atoms with E-state index in [-0.39, 0.29) is 12.1 Å². The Balaban J connectivity index is 2.21. The van der Waals surface area contributed by atoms with Gasteiger partial charge >= 0.3 is 0 Å². The van der Waals surface area contributed by atoms with Crippen molar-refractivity contribution in [2.45, 2.75) is 20.4 Å². The Morgan fingerprint density at radius 1 is 1.21 bits per heavy atom. The largest absolute Gasteiger partial charge is 0.340 e. The van der Waals surface area contributed by atoms with Gasteiger partial charge in [0.05, 0.1) is 17.6 Å². The molecule has 0 bridgehead atoms. The van der Waals surface area contributed by atoms with Crippen LogP contribution < -0.4 is 5.56 Å². The van der Waals surface area contributed by atoms with Crippen molar-refractivity contribution in [2.24, 2.45) is 0 Å². The third-order valence-electron chi connectivity index (χ3n) is 2.88. The molecule has 2 aromatic heterocycles. The maximum absolute atomic E-state index is 12.2. The van der Waals surface area contributed by atoms with Crippen LogP contribution in [0.5, 0.6) is 0 Å². The number of rotatable bonds is 2. The lowest BCUT2D eigenvalue weighted by Crippen LogP contribution is -2.25. The summed E-state index contributed by atoms with van der Waals surface area (Å²) in [4.78, 5) is 20.6. The van der Waals surface area contributed by atoms with Crippen molar-refractivity contribution in [1.82, 2.24) is 19.7 Å². The van der Waals surface area contributed by atoms with E-state index in [1.807, 2.05) is 24.3 Å². The second kappa shape index (κ2) is 4.31. The number of hydrogen-bond donors (Lipinski definition) is 0. The zero-order chi connectivity index (χ0) is 13.4. The Bertz CT molecular complexity index is 804. The summed E-state index contributed by atoms with van der Waals surface area (Å²) in [7, 11) is 0. The van der Waals surface area contributed by atoms with Gasteiger partial charge in [-0.05, 0) is 19.1 Å². The molecule has 0 N–H and O–H groups in total. The average Bonchev–Trinajstić information content (AvgIpc) is 2.80. The van der Waals surface area contributed by atoms with Crippen LogP contribution in [0.15, 0.2) is 33.6 Å². The summed E-state index contributed by atoms with van der Waals surface area (Å²) in [5.41, 5.74) is 1.86. The first-order valence-corrected chi connectivity index (χ1v) is 5.90. The third kappa shape index (κ3) is 2.01. The molecule has 3 aromatic rings. The van der Waals surface area contributed by atoms with Crippen LogP contribution in [0.3, 0.4) is 0 Å². The van der Waals surface area contributed by atoms with E-state index in [2.05, 4.69) is 15.1 Å². The second-order valence-electron chi connectivity index (χ2n) is 4.31. The van der Waals surface area contributed by atoms with Gasteiger partial charge in [-0.15, -0.1) is 0 Å². The van der Waals surface area contributed by atoms with Gasteiger partial charge in [-0.2, -0.15) is 4.98 Å². The summed E-state index contributed by atoms with van der Waals surface area (Å²) in [6.07, 6.45) is 0. The van der Waals surface area contributed by atoms with Gasteiger partial charge in [-0.25, -0.2) is 4.98 Å². The summed E-state index contributed by atoms with van der Waals surface area (Å²) < 4.78 is 6.54. The van der Waals surface area contributed by atoms with Crippen molar-refractivity contribution in [3.05, 3.63) is 52.0 Å². The zero-order valence-corrected chi connectivity index (χ0v) is 10.6. The third-order valence-corrected chi connectivity index (χ3v) is 2.88. The van der Waals surface area contributed by atoms with E-state index in [9.17, 15) is 4.79 Å². The van der Waals surface area contributed by atoms with Gasteiger partial charge in [0, 0.05) is 6.92 Å². The maximum atomic E-state index is 12.2. The molecule has 0 saturated carbocycles. The van der Waals surface area contributed by atoms with Crippen molar-refractivity contribution in [3.63, 3.8) is 0 Å². The van der Waals surface area contributed by atoms with Crippen molar-refractivity contribution in [3.8, 4) is 0 Å². The Morgan fingerprint density at radius 3 is 2.74 bits per heavy atom. The van der Waals surface area contributed by atoms with Crippen molar-refractivity contribution < 1.29 is 4.52 Å². The first-order valence-electron chi connectivity index (χ1n) is 5.90. The molecule has 0 fully saturated rings. The first-order chi connectivity index (χ1) is 9.15. The zero-order valence-electron chi connectivity index (χ0n) is 10.6. The summed E-state index contributed by atoms with van der Waals surface area (Å²) in [5.74, 6) is 0.966. The number of fused-ring (bicyclic) bond motifs is 1. The topological polar surface area (TPSA) is 73.8 Å². The SMILES string of the molecule is Cc1nc(Cn2c(=O)c(C)nc3ccccc32)no1. The predicted molar refractivity (Wildman–Crippen MR) is 68.9 cm³/mol. The molecule has 6 nitrogen and oxygen atoms in total. The Labute approximate surface area is 108 Å². The van der Waals surface area contributed by atoms with Crippen molar-refractivity contribution in [1.29, 1.82) is 0 Å². The molecule has 2 heterocycles. The normalized spacial score (nSPS) is 11.1. The smallest absolute Gasteiger partial charge is 0.272 e. The predicted octanol–water partition coefficient (Wildman–Crippen LogP) is 1.44. The first kappa shape index (κ1) is 11.6. The summed E-state index contributed by atoms with van der Waals surface area (Å²) in [6, 6.07) is 7.49. The standard InChI is InChI=1S/C13H12N4O2/c1-8-13(18)17(7-12-15-9(2)19-16-12)11-6-4-3-5-10(11)14-8/h3-6H,7H2,1-2H3. The second-order valence-corrected chi connectivity index (χ2v) is 4.31. The highest BCUT2D eigenvalue weighted by molar-refractivity contribution is 5.74. The highest BCUT2D eigenvalue weighted by Crippen LogP contribution is 2.10. The fourth-order valence-electron chi connectivity index (χ4n) is 2.02. The molecule has 0 radical (unpaired) electrons. The highest BCUT2D eigenvalue weighted by atomic mass is 16.5. The molecule has 0 aliphatic heterocycles. The van der Waals surface area contributed by atoms with Crippen LogP contribution in [0.1, 0.15) is 17.4 Å². The Morgan fingerprint density at radius 2 is 2.00 bits per heavy atom. The molecular formula is C13H12N4O2. The lowest BCUT2D eigenvalue weighted by Gasteiger charge is -2.08. The fourth-order valence-corrected chi connectivity index (χ4v) is 2.02. The van der Waals surface area contributed by atoms with Gasteiger partial charge in [0.15, 0.2) is 5.82 Å². The van der Waals surface area contributed by atoms with Crippen LogP contribution in [0.2, 0.25) is 0 Å². The van der Waals surface area contributed by atoms with Crippen LogP contribution >= 0.6 is 0 Å². The summed E-state index contributed by atoms with van der Waals surface area (Å²) in [6.45, 7) is 3.70. The van der Waals surface area contributed by atoms with Crippen LogP contribution in [0.4, 0.5) is 0 Å². The molecule has 0 aliphatic carbocycles. The molecule has 6 heteroatoms. The lowest BCUT2D eigenvalue weighted by atomic mass is 10.2. The number of aryl methyl sites for hydroxylation is 2. The van der Waals surface area contributed by atoms with E-state index >= 15 is 0 Å². The molecule has 96 valence electrons.